The first-order valence-corrected chi connectivity index (χ1v) is 9.96. The molecule has 2 rings (SSSR count). The van der Waals surface area contributed by atoms with E-state index in [0.29, 0.717) is 17.4 Å². The Hall–Kier alpha value is -0.820. The Morgan fingerprint density at radius 2 is 1.83 bits per heavy atom. The van der Waals surface area contributed by atoms with E-state index in [0.717, 1.165) is 32.4 Å². The minimum absolute atomic E-state index is 0. The van der Waals surface area contributed by atoms with Crippen molar-refractivity contribution in [3.63, 3.8) is 0 Å². The molecule has 1 aliphatic heterocycles. The van der Waals surface area contributed by atoms with Gasteiger partial charge in [0.25, 0.3) is 0 Å². The lowest BCUT2D eigenvalue weighted by atomic mass is 9.93. The summed E-state index contributed by atoms with van der Waals surface area (Å²) in [6, 6.07) is 6.06. The highest BCUT2D eigenvalue weighted by molar-refractivity contribution is 7.91. The Morgan fingerprint density at radius 1 is 1.21 bits per heavy atom. The maximum atomic E-state index is 12.1. The molecule has 1 saturated heterocycles. The van der Waals surface area contributed by atoms with E-state index >= 15 is 0 Å². The lowest BCUT2D eigenvalue weighted by Crippen LogP contribution is -2.31. The molecule has 1 aromatic rings. The van der Waals surface area contributed by atoms with E-state index in [2.05, 4.69) is 10.6 Å². The van der Waals surface area contributed by atoms with Gasteiger partial charge in [-0.25, -0.2) is 8.42 Å². The summed E-state index contributed by atoms with van der Waals surface area (Å²) in [5.41, 5.74) is 0. The van der Waals surface area contributed by atoms with Crippen LogP contribution in [0.3, 0.4) is 0 Å². The third-order valence-electron chi connectivity index (χ3n) is 4.10. The molecule has 0 bridgehead atoms. The molecule has 8 heteroatoms. The van der Waals surface area contributed by atoms with Crippen LogP contribution in [0.4, 0.5) is 0 Å². The third-order valence-corrected chi connectivity index (χ3v) is 6.09. The predicted octanol–water partition coefficient (Wildman–Crippen LogP) is 2.43. The van der Waals surface area contributed by atoms with Crippen molar-refractivity contribution in [3.8, 4) is 0 Å². The van der Waals surface area contributed by atoms with Crippen LogP contribution in [-0.2, 0) is 14.6 Å². The molecule has 136 valence electrons. The van der Waals surface area contributed by atoms with Crippen LogP contribution in [-0.4, -0.2) is 39.7 Å². The molecule has 5 nitrogen and oxygen atoms in total. The third kappa shape index (κ3) is 6.97. The zero-order valence-corrected chi connectivity index (χ0v) is 15.9. The van der Waals surface area contributed by atoms with Gasteiger partial charge in [0.1, 0.15) is 0 Å². The molecule has 24 heavy (non-hydrogen) atoms. The molecule has 0 aliphatic carbocycles. The number of piperidine rings is 1. The van der Waals surface area contributed by atoms with Crippen molar-refractivity contribution in [2.45, 2.75) is 30.6 Å². The van der Waals surface area contributed by atoms with Crippen LogP contribution in [0.1, 0.15) is 25.7 Å². The van der Waals surface area contributed by atoms with Crippen LogP contribution in [0, 0.1) is 5.92 Å². The van der Waals surface area contributed by atoms with Crippen LogP contribution in [0.15, 0.2) is 29.2 Å². The number of carbonyl (C=O) groups excluding carboxylic acids is 1. The fraction of sp³-hybridized carbons (Fsp3) is 0.562. The number of carbonyl (C=O) groups is 1. The van der Waals surface area contributed by atoms with Crippen LogP contribution in [0.25, 0.3) is 0 Å². The summed E-state index contributed by atoms with van der Waals surface area (Å²) < 4.78 is 24.3. The average Bonchev–Trinajstić information content (AvgIpc) is 2.54. The minimum atomic E-state index is -3.39. The Labute approximate surface area is 154 Å². The van der Waals surface area contributed by atoms with Gasteiger partial charge in [0.15, 0.2) is 9.84 Å². The number of benzene rings is 1. The number of hydrogen-bond acceptors (Lipinski definition) is 4. The van der Waals surface area contributed by atoms with Crippen molar-refractivity contribution in [3.05, 3.63) is 29.3 Å². The molecule has 0 unspecified atom stereocenters. The summed E-state index contributed by atoms with van der Waals surface area (Å²) in [5, 5.41) is 6.49. The van der Waals surface area contributed by atoms with E-state index in [4.69, 9.17) is 11.6 Å². The van der Waals surface area contributed by atoms with E-state index in [1.165, 1.54) is 12.1 Å². The summed E-state index contributed by atoms with van der Waals surface area (Å²) in [7, 11) is -3.39. The molecule has 1 aromatic carbocycles. The first-order valence-electron chi connectivity index (χ1n) is 7.93. The Bertz CT molecular complexity index is 615. The zero-order valence-electron chi connectivity index (χ0n) is 13.5. The van der Waals surface area contributed by atoms with E-state index in [9.17, 15) is 13.2 Å². The molecule has 1 fully saturated rings. The minimum Gasteiger partial charge on any atom is -0.355 e. The lowest BCUT2D eigenvalue weighted by molar-refractivity contribution is -0.121. The maximum Gasteiger partial charge on any atom is 0.220 e. The Balaban J connectivity index is 0.00000288. The van der Waals surface area contributed by atoms with Gasteiger partial charge in [-0.3, -0.25) is 4.79 Å². The van der Waals surface area contributed by atoms with Crippen molar-refractivity contribution in [2.24, 2.45) is 5.92 Å². The van der Waals surface area contributed by atoms with Crippen molar-refractivity contribution in [1.82, 2.24) is 10.6 Å². The Morgan fingerprint density at radius 3 is 2.46 bits per heavy atom. The van der Waals surface area contributed by atoms with Gasteiger partial charge in [0.05, 0.1) is 10.6 Å². The number of rotatable bonds is 7. The summed E-state index contributed by atoms with van der Waals surface area (Å²) in [4.78, 5) is 12.0. The molecular formula is C16H24Cl2N2O3S. The second-order valence-electron chi connectivity index (χ2n) is 5.85. The van der Waals surface area contributed by atoms with Crippen LogP contribution >= 0.6 is 24.0 Å². The lowest BCUT2D eigenvalue weighted by Gasteiger charge is -2.22. The van der Waals surface area contributed by atoms with E-state index in [-0.39, 0.29) is 35.5 Å². The number of amides is 1. The van der Waals surface area contributed by atoms with Crippen molar-refractivity contribution >= 4 is 39.8 Å². The fourth-order valence-corrected chi connectivity index (χ4v) is 3.96. The highest BCUT2D eigenvalue weighted by Crippen LogP contribution is 2.17. The summed E-state index contributed by atoms with van der Waals surface area (Å²) in [6.45, 7) is 2.17. The van der Waals surface area contributed by atoms with Crippen molar-refractivity contribution in [2.75, 3.05) is 25.4 Å². The monoisotopic (exact) mass is 394 g/mol. The van der Waals surface area contributed by atoms with Gasteiger partial charge in [-0.1, -0.05) is 11.6 Å². The van der Waals surface area contributed by atoms with Gasteiger partial charge in [-0.05, 0) is 62.5 Å². The summed E-state index contributed by atoms with van der Waals surface area (Å²) in [5.74, 6) is 0.419. The standard InChI is InChI=1S/C16H23ClN2O3S.ClH/c17-14-2-4-15(5-3-14)23(21,22)12-11-19-16(20)6-1-13-7-9-18-10-8-13;/h2-5,13,18H,1,6-12H2,(H,19,20);1H. The van der Waals surface area contributed by atoms with Crippen LogP contribution in [0.5, 0.6) is 0 Å². The van der Waals surface area contributed by atoms with Gasteiger partial charge >= 0.3 is 0 Å². The highest BCUT2D eigenvalue weighted by atomic mass is 35.5. The molecule has 0 saturated carbocycles. The zero-order chi connectivity index (χ0) is 16.7. The fourth-order valence-electron chi connectivity index (χ4n) is 2.68. The maximum absolute atomic E-state index is 12.1. The quantitative estimate of drug-likeness (QED) is 0.744. The smallest absolute Gasteiger partial charge is 0.220 e. The molecule has 0 radical (unpaired) electrons. The van der Waals surface area contributed by atoms with Crippen molar-refractivity contribution in [1.29, 1.82) is 0 Å². The predicted molar refractivity (Wildman–Crippen MR) is 98.6 cm³/mol. The van der Waals surface area contributed by atoms with Crippen molar-refractivity contribution < 1.29 is 13.2 Å². The SMILES string of the molecule is Cl.O=C(CCC1CCNCC1)NCCS(=O)(=O)c1ccc(Cl)cc1. The molecule has 0 atom stereocenters. The molecule has 1 amide bonds. The van der Waals surface area contributed by atoms with Gasteiger partial charge in [0, 0.05) is 18.0 Å². The van der Waals surface area contributed by atoms with Gasteiger partial charge in [0.2, 0.25) is 5.91 Å². The first-order chi connectivity index (χ1) is 11.0. The number of sulfone groups is 1. The molecule has 1 heterocycles. The highest BCUT2D eigenvalue weighted by Gasteiger charge is 2.16. The van der Waals surface area contributed by atoms with Crippen LogP contribution in [0.2, 0.25) is 5.02 Å². The topological polar surface area (TPSA) is 75.3 Å². The van der Waals surface area contributed by atoms with E-state index in [1.54, 1.807) is 12.1 Å². The second-order valence-corrected chi connectivity index (χ2v) is 8.40. The largest absolute Gasteiger partial charge is 0.355 e. The second kappa shape index (κ2) is 10.2. The number of halogens is 2. The Kier molecular flexibility index (Phi) is 9.05. The molecular weight excluding hydrogens is 371 g/mol. The van der Waals surface area contributed by atoms with Gasteiger partial charge < -0.3 is 10.6 Å². The summed E-state index contributed by atoms with van der Waals surface area (Å²) >= 11 is 5.75. The number of nitrogens with one attached hydrogen (secondary N) is 2. The van der Waals surface area contributed by atoms with Gasteiger partial charge in [-0.15, -0.1) is 12.4 Å². The first kappa shape index (κ1) is 21.2. The molecule has 2 N–H and O–H groups in total. The van der Waals surface area contributed by atoms with E-state index in [1.807, 2.05) is 0 Å². The molecule has 0 aromatic heterocycles. The van der Waals surface area contributed by atoms with Gasteiger partial charge in [-0.2, -0.15) is 0 Å². The van der Waals surface area contributed by atoms with E-state index < -0.39 is 9.84 Å². The van der Waals surface area contributed by atoms with Crippen LogP contribution < -0.4 is 10.6 Å². The normalized spacial score (nSPS) is 15.5. The summed E-state index contributed by atoms with van der Waals surface area (Å²) in [6.07, 6.45) is 3.56. The average molecular weight is 395 g/mol. The number of hydrogen-bond donors (Lipinski definition) is 2. The molecule has 0 spiro atoms. The molecule has 1 aliphatic rings.